The van der Waals surface area contributed by atoms with Crippen molar-refractivity contribution in [3.05, 3.63) is 51.1 Å². The Labute approximate surface area is 137 Å². The predicted octanol–water partition coefficient (Wildman–Crippen LogP) is 5.33. The molecule has 0 aliphatic heterocycles. The normalized spacial score (nSPS) is 11.2. The number of halogens is 5. The third-order valence-electron chi connectivity index (χ3n) is 2.82. The van der Waals surface area contributed by atoms with Crippen LogP contribution in [0.25, 0.3) is 0 Å². The van der Waals surface area contributed by atoms with Crippen LogP contribution in [0.5, 0.6) is 0 Å². The average Bonchev–Trinajstić information content (AvgIpc) is 2.51. The Balaban J connectivity index is 2.38. The third kappa shape index (κ3) is 3.21. The second-order valence-electron chi connectivity index (χ2n) is 4.53. The van der Waals surface area contributed by atoms with Crippen LogP contribution in [0.2, 0.25) is 0 Å². The van der Waals surface area contributed by atoms with E-state index in [0.717, 1.165) is 5.69 Å². The van der Waals surface area contributed by atoms with Gasteiger partial charge in [0.15, 0.2) is 29.0 Å². The van der Waals surface area contributed by atoms with E-state index >= 15 is 0 Å². The van der Waals surface area contributed by atoms with Gasteiger partial charge in [-0.2, -0.15) is 5.11 Å². The minimum Gasteiger partial charge on any atom is -0.378 e. The van der Waals surface area contributed by atoms with E-state index in [-0.39, 0.29) is 0 Å². The van der Waals surface area contributed by atoms with Gasteiger partial charge in [0.2, 0.25) is 0 Å². The van der Waals surface area contributed by atoms with Crippen LogP contribution in [0.15, 0.2) is 34.5 Å². The molecule has 0 aliphatic carbocycles. The first-order valence-electron chi connectivity index (χ1n) is 6.03. The lowest BCUT2D eigenvalue weighted by atomic mass is 10.2. The van der Waals surface area contributed by atoms with Crippen LogP contribution >= 0.6 is 22.6 Å². The van der Waals surface area contributed by atoms with Gasteiger partial charge in [0.25, 0.3) is 0 Å². The molecule has 0 unspecified atom stereocenters. The predicted molar refractivity (Wildman–Crippen MR) is 83.9 cm³/mol. The summed E-state index contributed by atoms with van der Waals surface area (Å²) in [6, 6.07) is 6.56. The van der Waals surface area contributed by atoms with Crippen molar-refractivity contribution in [2.24, 2.45) is 10.2 Å². The summed E-state index contributed by atoms with van der Waals surface area (Å²) < 4.78 is 53.3. The van der Waals surface area contributed by atoms with Crippen molar-refractivity contribution in [2.45, 2.75) is 0 Å². The van der Waals surface area contributed by atoms with Crippen LogP contribution in [0, 0.1) is 26.8 Å². The number of benzene rings is 2. The summed E-state index contributed by atoms with van der Waals surface area (Å²) in [6.07, 6.45) is 0. The van der Waals surface area contributed by atoms with Crippen LogP contribution in [-0.4, -0.2) is 14.1 Å². The highest BCUT2D eigenvalue weighted by Crippen LogP contribution is 2.32. The van der Waals surface area contributed by atoms with Crippen LogP contribution in [0.1, 0.15) is 0 Å². The third-order valence-corrected chi connectivity index (χ3v) is 3.77. The second kappa shape index (κ2) is 6.59. The molecule has 0 saturated heterocycles. The van der Waals surface area contributed by atoms with Crippen molar-refractivity contribution in [2.75, 3.05) is 19.0 Å². The minimum atomic E-state index is -1.57. The maximum Gasteiger partial charge on any atom is 0.190 e. The number of hydrogen-bond donors (Lipinski definition) is 0. The smallest absolute Gasteiger partial charge is 0.190 e. The Hall–Kier alpha value is -1.71. The molecule has 0 saturated carbocycles. The monoisotopic (exact) mass is 423 g/mol. The van der Waals surface area contributed by atoms with Gasteiger partial charge in [-0.15, -0.1) is 5.11 Å². The zero-order valence-corrected chi connectivity index (χ0v) is 13.7. The van der Waals surface area contributed by atoms with Gasteiger partial charge < -0.3 is 4.90 Å². The fourth-order valence-electron chi connectivity index (χ4n) is 1.61. The highest BCUT2D eigenvalue weighted by Gasteiger charge is 2.24. The quantitative estimate of drug-likeness (QED) is 0.216. The minimum absolute atomic E-state index is 0.295. The molecule has 3 nitrogen and oxygen atoms in total. The molecule has 8 heteroatoms. The molecule has 2 aromatic carbocycles. The maximum atomic E-state index is 13.6. The Bertz CT molecular complexity index is 701. The fourth-order valence-corrected chi connectivity index (χ4v) is 2.08. The van der Waals surface area contributed by atoms with Crippen LogP contribution < -0.4 is 4.90 Å². The van der Waals surface area contributed by atoms with Gasteiger partial charge in [0.05, 0.1) is 9.26 Å². The lowest BCUT2D eigenvalue weighted by Crippen LogP contribution is -2.07. The van der Waals surface area contributed by atoms with E-state index in [0.29, 0.717) is 5.69 Å². The first-order valence-corrected chi connectivity index (χ1v) is 7.11. The first-order chi connectivity index (χ1) is 10.3. The summed E-state index contributed by atoms with van der Waals surface area (Å²) in [7, 11) is 3.69. The van der Waals surface area contributed by atoms with E-state index in [9.17, 15) is 17.6 Å². The van der Waals surface area contributed by atoms with Gasteiger partial charge in [-0.1, -0.05) is 0 Å². The van der Waals surface area contributed by atoms with Crippen molar-refractivity contribution in [3.63, 3.8) is 0 Å². The highest BCUT2D eigenvalue weighted by molar-refractivity contribution is 14.1. The van der Waals surface area contributed by atoms with Crippen LogP contribution in [0.4, 0.5) is 34.6 Å². The van der Waals surface area contributed by atoms with E-state index in [4.69, 9.17) is 0 Å². The summed E-state index contributed by atoms with van der Waals surface area (Å²) in [5.74, 6) is -6.12. The number of anilines is 1. The lowest BCUT2D eigenvalue weighted by Gasteiger charge is -2.11. The fraction of sp³-hybridized carbons (Fsp3) is 0.143. The van der Waals surface area contributed by atoms with E-state index in [2.05, 4.69) is 10.2 Å². The Morgan fingerprint density at radius 2 is 1.32 bits per heavy atom. The highest BCUT2D eigenvalue weighted by atomic mass is 127. The molecule has 0 atom stereocenters. The molecule has 2 rings (SSSR count). The van der Waals surface area contributed by atoms with E-state index in [1.165, 1.54) is 22.6 Å². The SMILES string of the molecule is CN(C)c1ccc(N=Nc2c(F)c(F)c(I)c(F)c2F)cc1. The van der Waals surface area contributed by atoms with Crippen molar-refractivity contribution in [1.82, 2.24) is 0 Å². The van der Waals surface area contributed by atoms with Crippen molar-refractivity contribution < 1.29 is 17.6 Å². The van der Waals surface area contributed by atoms with Crippen LogP contribution in [0.3, 0.4) is 0 Å². The standard InChI is InChI=1S/C14H10F4IN3/c1-22(2)8-5-3-7(4-6-8)20-21-14-11(17)9(15)13(19)10(16)12(14)18/h3-6H,1-2H3. The summed E-state index contributed by atoms with van der Waals surface area (Å²) in [6.45, 7) is 0. The van der Waals surface area contributed by atoms with Gasteiger partial charge in [-0.25, -0.2) is 17.6 Å². The lowest BCUT2D eigenvalue weighted by molar-refractivity contribution is 0.448. The summed E-state index contributed by atoms with van der Waals surface area (Å²) in [5.41, 5.74) is 0.0959. The molecule has 0 spiro atoms. The topological polar surface area (TPSA) is 28.0 Å². The molecule has 0 N–H and O–H groups in total. The molecule has 2 aromatic rings. The summed E-state index contributed by atoms with van der Waals surface area (Å²) in [4.78, 5) is 1.85. The molecule has 0 radical (unpaired) electrons. The largest absolute Gasteiger partial charge is 0.378 e. The van der Waals surface area contributed by atoms with Crippen LogP contribution in [-0.2, 0) is 0 Å². The molecular weight excluding hydrogens is 413 g/mol. The Morgan fingerprint density at radius 3 is 1.77 bits per heavy atom. The summed E-state index contributed by atoms with van der Waals surface area (Å²) in [5, 5.41) is 6.89. The first kappa shape index (κ1) is 16.7. The number of azo groups is 1. The van der Waals surface area contributed by atoms with E-state index < -0.39 is 32.5 Å². The molecule has 0 heterocycles. The number of nitrogens with zero attached hydrogens (tertiary/aromatic N) is 3. The van der Waals surface area contributed by atoms with Crippen molar-refractivity contribution in [3.8, 4) is 0 Å². The molecular formula is C14H10F4IN3. The molecule has 0 fully saturated rings. The molecule has 0 bridgehead atoms. The molecule has 22 heavy (non-hydrogen) atoms. The van der Waals surface area contributed by atoms with Gasteiger partial charge >= 0.3 is 0 Å². The zero-order chi connectivity index (χ0) is 16.4. The van der Waals surface area contributed by atoms with Gasteiger partial charge in [0.1, 0.15) is 0 Å². The maximum absolute atomic E-state index is 13.6. The Kier molecular flexibility index (Phi) is 4.99. The molecule has 0 aromatic heterocycles. The Morgan fingerprint density at radius 1 is 0.818 bits per heavy atom. The van der Waals surface area contributed by atoms with Crippen molar-refractivity contribution in [1.29, 1.82) is 0 Å². The molecule has 0 amide bonds. The average molecular weight is 423 g/mol. The number of rotatable bonds is 3. The summed E-state index contributed by atoms with van der Waals surface area (Å²) >= 11 is 1.18. The molecule has 116 valence electrons. The molecule has 0 aliphatic rings. The number of hydrogen-bond acceptors (Lipinski definition) is 3. The van der Waals surface area contributed by atoms with Gasteiger partial charge in [-0.3, -0.25) is 0 Å². The second-order valence-corrected chi connectivity index (χ2v) is 5.61. The van der Waals surface area contributed by atoms with Crippen molar-refractivity contribution >= 4 is 39.7 Å². The zero-order valence-electron chi connectivity index (χ0n) is 11.5. The van der Waals surface area contributed by atoms with Gasteiger partial charge in [0, 0.05) is 19.8 Å². The van der Waals surface area contributed by atoms with E-state index in [1.54, 1.807) is 24.3 Å². The van der Waals surface area contributed by atoms with Gasteiger partial charge in [-0.05, 0) is 46.9 Å². The van der Waals surface area contributed by atoms with E-state index in [1.807, 2.05) is 19.0 Å².